The number of carbonyl (C=O) groups is 1. The summed E-state index contributed by atoms with van der Waals surface area (Å²) in [5.41, 5.74) is 7.50. The lowest BCUT2D eigenvalue weighted by Gasteiger charge is -2.37. The normalized spacial score (nSPS) is 13.5. The molecule has 1 aliphatic heterocycles. The lowest BCUT2D eigenvalue weighted by atomic mass is 9.95. The summed E-state index contributed by atoms with van der Waals surface area (Å²) in [5.74, 6) is 0.548. The van der Waals surface area contributed by atoms with E-state index in [1.807, 2.05) is 120 Å². The summed E-state index contributed by atoms with van der Waals surface area (Å²) in [6.45, 7) is 6.91. The Balaban J connectivity index is 1.02. The molecule has 0 unspecified atom stereocenters. The number of piperazine rings is 1. The number of nitrogens with zero attached hydrogens (tertiary/aromatic N) is 6. The summed E-state index contributed by atoms with van der Waals surface area (Å²) in [4.78, 5) is 35.3. The number of halogens is 1. The van der Waals surface area contributed by atoms with E-state index in [2.05, 4.69) is 52.8 Å². The molecule has 0 bridgehead atoms. The Bertz CT molecular complexity index is 2800. The van der Waals surface area contributed by atoms with Gasteiger partial charge in [0.1, 0.15) is 5.69 Å². The van der Waals surface area contributed by atoms with Gasteiger partial charge in [0, 0.05) is 102 Å². The molecule has 358 valence electrons. The number of anilines is 4. The van der Waals surface area contributed by atoms with Gasteiger partial charge >= 0.3 is 0 Å². The summed E-state index contributed by atoms with van der Waals surface area (Å²) in [6.07, 6.45) is 0.730. The molecule has 1 amide bonds. The number of likely N-dealkylation sites (N-methyl/N-ethyl adjacent to an activating group) is 1. The van der Waals surface area contributed by atoms with E-state index in [0.717, 1.165) is 96.1 Å². The van der Waals surface area contributed by atoms with E-state index in [-0.39, 0.29) is 28.2 Å². The number of nitro groups is 1. The zero-order valence-electron chi connectivity index (χ0n) is 39.4. The summed E-state index contributed by atoms with van der Waals surface area (Å²) < 4.78 is 32.0. The van der Waals surface area contributed by atoms with E-state index in [0.29, 0.717) is 28.6 Å². The highest BCUT2D eigenvalue weighted by atomic mass is 35.5. The molecule has 1 aliphatic rings. The highest BCUT2D eigenvalue weighted by molar-refractivity contribution is 7.99. The van der Waals surface area contributed by atoms with E-state index in [9.17, 15) is 23.3 Å². The van der Waals surface area contributed by atoms with Crippen molar-refractivity contribution in [2.24, 2.45) is 7.05 Å². The first-order valence-electron chi connectivity index (χ1n) is 22.6. The van der Waals surface area contributed by atoms with Gasteiger partial charge in [0.2, 0.25) is 0 Å². The smallest absolute Gasteiger partial charge is 0.293 e. The SMILES string of the molecule is Cc1c(C(=O)NCCN(C)C)c(-c2cccc(N3CCN(c4ccc(NS(=O)(=O)c5ccc(N[C@H](CCN(C)C)CSc6ccccc6)c([N+](=O)[O-])c5)cc4)CC3)c2)c(-c2ccc(Cl)cc2)n1C. The fraction of sp³-hybridized carbons (Fsp3) is 0.314. The molecule has 0 radical (unpaired) electrons. The molecule has 14 nitrogen and oxygen atoms in total. The number of amides is 1. The number of nitro benzene ring substituents is 1. The van der Waals surface area contributed by atoms with Gasteiger partial charge in [-0.25, -0.2) is 8.42 Å². The van der Waals surface area contributed by atoms with Crippen LogP contribution in [0.5, 0.6) is 0 Å². The third kappa shape index (κ3) is 12.3. The van der Waals surface area contributed by atoms with Crippen molar-refractivity contribution in [3.05, 3.63) is 148 Å². The van der Waals surface area contributed by atoms with Crippen LogP contribution in [0.1, 0.15) is 22.5 Å². The average molecular weight is 979 g/mol. The van der Waals surface area contributed by atoms with Gasteiger partial charge in [-0.05, 0) is 132 Å². The minimum atomic E-state index is -4.16. The third-order valence-corrected chi connectivity index (χ3v) is 14.9. The molecule has 0 saturated carbocycles. The van der Waals surface area contributed by atoms with Crippen LogP contribution in [0.4, 0.5) is 28.4 Å². The van der Waals surface area contributed by atoms with Gasteiger partial charge in [-0.3, -0.25) is 19.6 Å². The number of benzene rings is 5. The lowest BCUT2D eigenvalue weighted by Crippen LogP contribution is -2.46. The van der Waals surface area contributed by atoms with Gasteiger partial charge in [-0.1, -0.05) is 54.1 Å². The molecule has 2 heterocycles. The average Bonchev–Trinajstić information content (AvgIpc) is 3.59. The van der Waals surface area contributed by atoms with E-state index < -0.39 is 14.9 Å². The van der Waals surface area contributed by atoms with Crippen molar-refractivity contribution >= 4 is 67.7 Å². The topological polar surface area (TPSA) is 148 Å². The minimum absolute atomic E-state index is 0.110. The van der Waals surface area contributed by atoms with Crippen LogP contribution in [0.2, 0.25) is 5.02 Å². The van der Waals surface area contributed by atoms with Gasteiger partial charge in [0.25, 0.3) is 21.6 Å². The Labute approximate surface area is 409 Å². The predicted molar refractivity (Wildman–Crippen MR) is 279 cm³/mol. The van der Waals surface area contributed by atoms with Gasteiger partial charge in [0.15, 0.2) is 0 Å². The van der Waals surface area contributed by atoms with Gasteiger partial charge in [0.05, 0.1) is 21.1 Å². The van der Waals surface area contributed by atoms with Crippen molar-refractivity contribution < 1.29 is 18.1 Å². The molecular formula is C51H60ClN9O5S2. The van der Waals surface area contributed by atoms with Crippen molar-refractivity contribution in [3.63, 3.8) is 0 Å². The molecule has 1 aromatic heterocycles. The zero-order valence-corrected chi connectivity index (χ0v) is 41.8. The van der Waals surface area contributed by atoms with Crippen LogP contribution in [0.15, 0.2) is 131 Å². The molecule has 68 heavy (non-hydrogen) atoms. The van der Waals surface area contributed by atoms with E-state index >= 15 is 0 Å². The molecule has 0 spiro atoms. The first-order valence-corrected chi connectivity index (χ1v) is 25.4. The van der Waals surface area contributed by atoms with Crippen molar-refractivity contribution in [1.82, 2.24) is 19.7 Å². The molecule has 0 aliphatic carbocycles. The third-order valence-electron chi connectivity index (χ3n) is 12.1. The first-order chi connectivity index (χ1) is 32.6. The monoisotopic (exact) mass is 977 g/mol. The van der Waals surface area contributed by atoms with Crippen LogP contribution >= 0.6 is 23.4 Å². The molecule has 5 aromatic carbocycles. The first kappa shape index (κ1) is 49.9. The highest BCUT2D eigenvalue weighted by Gasteiger charge is 2.28. The molecule has 1 fully saturated rings. The second kappa shape index (κ2) is 22.4. The Hall–Kier alpha value is -6.04. The van der Waals surface area contributed by atoms with Gasteiger partial charge in [-0.2, -0.15) is 0 Å². The number of carbonyl (C=O) groups excluding carboxylic acids is 1. The van der Waals surface area contributed by atoms with Crippen LogP contribution < -0.4 is 25.2 Å². The fourth-order valence-corrected chi connectivity index (χ4v) is 10.5. The van der Waals surface area contributed by atoms with E-state index in [4.69, 9.17) is 11.6 Å². The summed E-state index contributed by atoms with van der Waals surface area (Å²) >= 11 is 7.96. The molecule has 17 heteroatoms. The van der Waals surface area contributed by atoms with E-state index in [1.54, 1.807) is 23.9 Å². The Morgan fingerprint density at radius 1 is 0.809 bits per heavy atom. The second-order valence-corrected chi connectivity index (χ2v) is 20.7. The summed E-state index contributed by atoms with van der Waals surface area (Å²) in [5, 5.41) is 19.4. The molecule has 3 N–H and O–H groups in total. The number of rotatable bonds is 20. The Kier molecular flexibility index (Phi) is 16.4. The summed E-state index contributed by atoms with van der Waals surface area (Å²) in [6, 6.07) is 37.1. The van der Waals surface area contributed by atoms with Crippen LogP contribution in [-0.2, 0) is 17.1 Å². The Morgan fingerprint density at radius 3 is 2.12 bits per heavy atom. The highest BCUT2D eigenvalue weighted by Crippen LogP contribution is 2.41. The molecular weight excluding hydrogens is 918 g/mol. The fourth-order valence-electron chi connectivity index (χ4n) is 8.32. The standard InChI is InChI=1S/C51H60ClN9O5S2/c1-36-48(51(62)53-26-28-57(4)5)49(50(58(36)6)37-15-17-39(52)18-16-37)38-11-10-12-43(33-38)60-31-29-59(30-32-60)42-21-19-40(20-22-42)55-68(65,66)45-23-24-46(47(34-45)61(63)64)54-41(25-27-56(2)3)35-67-44-13-8-7-9-14-44/h7-24,33-34,41,54-55H,25-32,35H2,1-6H3,(H,53,62)/t41-/m1/s1. The maximum Gasteiger partial charge on any atom is 0.293 e. The van der Waals surface area contributed by atoms with Crippen LogP contribution in [0, 0.1) is 17.0 Å². The zero-order chi connectivity index (χ0) is 48.5. The number of hydrogen-bond acceptors (Lipinski definition) is 11. The predicted octanol–water partition coefficient (Wildman–Crippen LogP) is 9.17. The number of nitrogens with one attached hydrogen (secondary N) is 3. The maximum absolute atomic E-state index is 13.9. The maximum atomic E-state index is 13.9. The number of hydrogen-bond donors (Lipinski definition) is 3. The van der Waals surface area contributed by atoms with Crippen molar-refractivity contribution in [2.45, 2.75) is 29.2 Å². The van der Waals surface area contributed by atoms with Crippen LogP contribution in [0.3, 0.4) is 0 Å². The van der Waals surface area contributed by atoms with E-state index in [1.165, 1.54) is 12.1 Å². The number of thioether (sulfide) groups is 1. The quantitative estimate of drug-likeness (QED) is 0.0382. The van der Waals surface area contributed by atoms with Crippen LogP contribution in [-0.4, -0.2) is 119 Å². The van der Waals surface area contributed by atoms with Crippen molar-refractivity contribution in [1.29, 1.82) is 0 Å². The minimum Gasteiger partial charge on any atom is -0.376 e. The molecule has 7 rings (SSSR count). The largest absolute Gasteiger partial charge is 0.376 e. The number of aromatic nitrogens is 1. The summed E-state index contributed by atoms with van der Waals surface area (Å²) in [7, 11) is 5.75. The molecule has 1 atom stereocenters. The van der Waals surface area contributed by atoms with Crippen molar-refractivity contribution in [2.75, 3.05) is 99.6 Å². The van der Waals surface area contributed by atoms with Gasteiger partial charge in [-0.15, -0.1) is 11.8 Å². The second-order valence-electron chi connectivity index (χ2n) is 17.5. The number of sulfonamides is 1. The molecule has 6 aromatic rings. The van der Waals surface area contributed by atoms with Crippen molar-refractivity contribution in [3.8, 4) is 22.4 Å². The Morgan fingerprint density at radius 2 is 1.47 bits per heavy atom. The van der Waals surface area contributed by atoms with Crippen LogP contribution in [0.25, 0.3) is 22.4 Å². The van der Waals surface area contributed by atoms with Gasteiger partial charge < -0.3 is 34.8 Å². The molecule has 1 saturated heterocycles. The lowest BCUT2D eigenvalue weighted by molar-refractivity contribution is -0.384.